The zero-order valence-electron chi connectivity index (χ0n) is 9.61. The molecule has 0 bridgehead atoms. The van der Waals surface area contributed by atoms with Gasteiger partial charge >= 0.3 is 0 Å². The Labute approximate surface area is 96.5 Å². The zero-order chi connectivity index (χ0) is 10.8. The van der Waals surface area contributed by atoms with Gasteiger partial charge in [-0.05, 0) is 18.1 Å². The molecule has 1 heteroatoms. The summed E-state index contributed by atoms with van der Waals surface area (Å²) in [5.74, 6) is 2.03. The van der Waals surface area contributed by atoms with Crippen LogP contribution < -0.4 is 0 Å². The molecule has 84 valence electrons. The van der Waals surface area contributed by atoms with Gasteiger partial charge in [0.1, 0.15) is 11.3 Å². The maximum absolute atomic E-state index is 5.87. The zero-order valence-corrected chi connectivity index (χ0v) is 9.61. The molecule has 1 nitrogen and oxygen atoms in total. The first-order valence-electron chi connectivity index (χ1n) is 6.39. The monoisotopic (exact) mass is 214 g/mol. The van der Waals surface area contributed by atoms with Gasteiger partial charge < -0.3 is 4.42 Å². The first-order valence-corrected chi connectivity index (χ1v) is 6.39. The van der Waals surface area contributed by atoms with Crippen LogP contribution >= 0.6 is 0 Å². The van der Waals surface area contributed by atoms with Crippen LogP contribution in [-0.2, 0) is 6.42 Å². The summed E-state index contributed by atoms with van der Waals surface area (Å²) in [6, 6.07) is 10.5. The van der Waals surface area contributed by atoms with E-state index in [-0.39, 0.29) is 0 Å². The fourth-order valence-corrected chi connectivity index (χ4v) is 2.81. The van der Waals surface area contributed by atoms with E-state index in [4.69, 9.17) is 4.42 Å². The van der Waals surface area contributed by atoms with E-state index < -0.39 is 0 Å². The summed E-state index contributed by atoms with van der Waals surface area (Å²) >= 11 is 0. The lowest BCUT2D eigenvalue weighted by Gasteiger charge is -2.20. The Balaban J connectivity index is 1.78. The van der Waals surface area contributed by atoms with Crippen LogP contribution in [0.2, 0.25) is 0 Å². The van der Waals surface area contributed by atoms with Crippen molar-refractivity contribution in [1.82, 2.24) is 0 Å². The molecule has 0 atom stereocenters. The molecule has 0 N–H and O–H groups in total. The molecule has 1 aromatic carbocycles. The van der Waals surface area contributed by atoms with Gasteiger partial charge in [0.15, 0.2) is 0 Å². The van der Waals surface area contributed by atoms with Crippen LogP contribution in [0.4, 0.5) is 0 Å². The maximum atomic E-state index is 5.87. The highest BCUT2D eigenvalue weighted by Gasteiger charge is 2.15. The lowest BCUT2D eigenvalue weighted by atomic mass is 9.86. The van der Waals surface area contributed by atoms with Crippen molar-refractivity contribution in [2.24, 2.45) is 5.92 Å². The van der Waals surface area contributed by atoms with Gasteiger partial charge in [0.05, 0.1) is 0 Å². The number of fused-ring (bicyclic) bond motifs is 1. The van der Waals surface area contributed by atoms with E-state index in [0.717, 1.165) is 17.9 Å². The van der Waals surface area contributed by atoms with E-state index in [1.54, 1.807) is 0 Å². The average molecular weight is 214 g/mol. The number of furan rings is 1. The second kappa shape index (κ2) is 4.32. The van der Waals surface area contributed by atoms with Crippen molar-refractivity contribution in [3.63, 3.8) is 0 Å². The highest BCUT2D eigenvalue weighted by Crippen LogP contribution is 2.29. The van der Waals surface area contributed by atoms with Gasteiger partial charge in [0.25, 0.3) is 0 Å². The molecular formula is C15H18O. The van der Waals surface area contributed by atoms with Crippen LogP contribution in [0, 0.1) is 5.92 Å². The van der Waals surface area contributed by atoms with E-state index in [1.165, 1.54) is 43.3 Å². The Morgan fingerprint density at radius 2 is 1.88 bits per heavy atom. The van der Waals surface area contributed by atoms with E-state index in [0.29, 0.717) is 0 Å². The Bertz CT molecular complexity index is 430. The van der Waals surface area contributed by atoms with Gasteiger partial charge in [-0.2, -0.15) is 0 Å². The summed E-state index contributed by atoms with van der Waals surface area (Å²) in [5, 5.41) is 1.24. The highest BCUT2D eigenvalue weighted by molar-refractivity contribution is 5.77. The summed E-state index contributed by atoms with van der Waals surface area (Å²) in [7, 11) is 0. The van der Waals surface area contributed by atoms with Gasteiger partial charge in [0.2, 0.25) is 0 Å². The molecule has 0 radical (unpaired) electrons. The van der Waals surface area contributed by atoms with Crippen LogP contribution in [-0.4, -0.2) is 0 Å². The Morgan fingerprint density at radius 3 is 2.69 bits per heavy atom. The Hall–Kier alpha value is -1.24. The number of rotatable bonds is 2. The Morgan fingerprint density at radius 1 is 1.06 bits per heavy atom. The van der Waals surface area contributed by atoms with Crippen molar-refractivity contribution < 1.29 is 4.42 Å². The predicted molar refractivity (Wildman–Crippen MR) is 66.5 cm³/mol. The molecule has 2 aromatic rings. The first kappa shape index (κ1) is 9.95. The third-order valence-electron chi connectivity index (χ3n) is 3.69. The second-order valence-electron chi connectivity index (χ2n) is 4.96. The van der Waals surface area contributed by atoms with Crippen molar-refractivity contribution in [3.8, 4) is 0 Å². The smallest absolute Gasteiger partial charge is 0.134 e. The van der Waals surface area contributed by atoms with Crippen LogP contribution in [0.1, 0.15) is 37.9 Å². The molecular weight excluding hydrogens is 196 g/mol. The molecule has 1 aromatic heterocycles. The van der Waals surface area contributed by atoms with E-state index in [1.807, 2.05) is 6.07 Å². The van der Waals surface area contributed by atoms with Crippen molar-refractivity contribution >= 4 is 11.0 Å². The number of hydrogen-bond acceptors (Lipinski definition) is 1. The highest BCUT2D eigenvalue weighted by atomic mass is 16.3. The second-order valence-corrected chi connectivity index (χ2v) is 4.96. The summed E-state index contributed by atoms with van der Waals surface area (Å²) in [4.78, 5) is 0. The topological polar surface area (TPSA) is 13.1 Å². The predicted octanol–water partition coefficient (Wildman–Crippen LogP) is 4.56. The van der Waals surface area contributed by atoms with Crippen molar-refractivity contribution in [2.75, 3.05) is 0 Å². The molecule has 1 aliphatic carbocycles. The molecule has 16 heavy (non-hydrogen) atoms. The van der Waals surface area contributed by atoms with Crippen molar-refractivity contribution in [3.05, 3.63) is 36.1 Å². The van der Waals surface area contributed by atoms with Crippen molar-refractivity contribution in [1.29, 1.82) is 0 Å². The largest absolute Gasteiger partial charge is 0.461 e. The summed E-state index contributed by atoms with van der Waals surface area (Å²) in [6.45, 7) is 0. The van der Waals surface area contributed by atoms with Crippen LogP contribution in [0.15, 0.2) is 34.7 Å². The molecule has 0 amide bonds. The third-order valence-corrected chi connectivity index (χ3v) is 3.69. The van der Waals surface area contributed by atoms with Gasteiger partial charge in [-0.1, -0.05) is 50.3 Å². The number of benzene rings is 1. The minimum Gasteiger partial charge on any atom is -0.461 e. The minimum absolute atomic E-state index is 0.856. The molecule has 3 rings (SSSR count). The molecule has 1 saturated carbocycles. The Kier molecular flexibility index (Phi) is 2.69. The van der Waals surface area contributed by atoms with Crippen LogP contribution in [0.3, 0.4) is 0 Å². The van der Waals surface area contributed by atoms with Crippen LogP contribution in [0.5, 0.6) is 0 Å². The SMILES string of the molecule is c1ccc2oc(CC3CCCCC3)cc2c1. The molecule has 1 aliphatic rings. The minimum atomic E-state index is 0.856. The molecule has 0 unspecified atom stereocenters. The summed E-state index contributed by atoms with van der Waals surface area (Å²) in [5.41, 5.74) is 1.04. The third kappa shape index (κ3) is 1.99. The quantitative estimate of drug-likeness (QED) is 0.714. The average Bonchev–Trinajstić information content (AvgIpc) is 2.72. The van der Waals surface area contributed by atoms with Crippen LogP contribution in [0.25, 0.3) is 11.0 Å². The number of para-hydroxylation sites is 1. The van der Waals surface area contributed by atoms with Gasteiger partial charge in [0, 0.05) is 11.8 Å². The molecule has 1 heterocycles. The standard InChI is InChI=1S/C15H18O/c1-2-6-12(7-3-1)10-14-11-13-8-4-5-9-15(13)16-14/h4-5,8-9,11-12H,1-3,6-7,10H2. The van der Waals surface area contributed by atoms with E-state index in [2.05, 4.69) is 24.3 Å². The summed E-state index contributed by atoms with van der Waals surface area (Å²) in [6.07, 6.45) is 8.15. The fourth-order valence-electron chi connectivity index (χ4n) is 2.81. The van der Waals surface area contributed by atoms with Gasteiger partial charge in [-0.25, -0.2) is 0 Å². The maximum Gasteiger partial charge on any atom is 0.134 e. The molecule has 0 aliphatic heterocycles. The van der Waals surface area contributed by atoms with Gasteiger partial charge in [-0.15, -0.1) is 0 Å². The van der Waals surface area contributed by atoms with Gasteiger partial charge in [-0.3, -0.25) is 0 Å². The molecule has 0 saturated heterocycles. The first-order chi connectivity index (χ1) is 7.92. The van der Waals surface area contributed by atoms with E-state index >= 15 is 0 Å². The lowest BCUT2D eigenvalue weighted by Crippen LogP contribution is -2.08. The number of hydrogen-bond donors (Lipinski definition) is 0. The normalized spacial score (nSPS) is 18.0. The fraction of sp³-hybridized carbons (Fsp3) is 0.467. The molecule has 0 spiro atoms. The molecule has 1 fully saturated rings. The summed E-state index contributed by atoms with van der Waals surface area (Å²) < 4.78 is 5.87. The van der Waals surface area contributed by atoms with Crippen molar-refractivity contribution in [2.45, 2.75) is 38.5 Å². The lowest BCUT2D eigenvalue weighted by molar-refractivity contribution is 0.337. The van der Waals surface area contributed by atoms with E-state index in [9.17, 15) is 0 Å².